The topological polar surface area (TPSA) is 64.2 Å². The largest absolute Gasteiger partial charge is 0.454 e. The molecule has 0 amide bonds. The highest BCUT2D eigenvalue weighted by atomic mass is 16.7. The van der Waals surface area contributed by atoms with Crippen molar-refractivity contribution >= 4 is 0 Å². The van der Waals surface area contributed by atoms with Crippen molar-refractivity contribution in [1.82, 2.24) is 9.97 Å². The summed E-state index contributed by atoms with van der Waals surface area (Å²) in [7, 11) is 0. The number of H-pyrrole nitrogens is 1. The Bertz CT molecular complexity index is 592. The molecular formula is C11H8N2O3. The van der Waals surface area contributed by atoms with E-state index in [2.05, 4.69) is 9.97 Å². The van der Waals surface area contributed by atoms with Crippen molar-refractivity contribution in [1.29, 1.82) is 0 Å². The monoisotopic (exact) mass is 216 g/mol. The second kappa shape index (κ2) is 3.37. The first-order valence-electron chi connectivity index (χ1n) is 4.78. The van der Waals surface area contributed by atoms with E-state index in [4.69, 9.17) is 9.47 Å². The van der Waals surface area contributed by atoms with E-state index in [0.29, 0.717) is 11.4 Å². The zero-order chi connectivity index (χ0) is 11.0. The Balaban J connectivity index is 2.10. The number of aromatic amines is 1. The average molecular weight is 216 g/mol. The second-order valence-corrected chi connectivity index (χ2v) is 3.36. The molecule has 0 fully saturated rings. The van der Waals surface area contributed by atoms with Crippen LogP contribution in [0.1, 0.15) is 0 Å². The quantitative estimate of drug-likeness (QED) is 0.777. The average Bonchev–Trinajstić information content (AvgIpc) is 2.75. The zero-order valence-corrected chi connectivity index (χ0v) is 8.27. The van der Waals surface area contributed by atoms with Crippen molar-refractivity contribution in [2.45, 2.75) is 0 Å². The summed E-state index contributed by atoms with van der Waals surface area (Å²) in [6, 6.07) is 7.24. The first-order chi connectivity index (χ1) is 7.83. The number of rotatable bonds is 1. The van der Waals surface area contributed by atoms with E-state index in [1.54, 1.807) is 6.07 Å². The van der Waals surface area contributed by atoms with Crippen LogP contribution in [0.3, 0.4) is 0 Å². The van der Waals surface area contributed by atoms with Gasteiger partial charge >= 0.3 is 5.69 Å². The molecular weight excluding hydrogens is 208 g/mol. The molecule has 0 aliphatic carbocycles. The van der Waals surface area contributed by atoms with Gasteiger partial charge < -0.3 is 14.5 Å². The highest BCUT2D eigenvalue weighted by molar-refractivity contribution is 5.63. The third-order valence-electron chi connectivity index (χ3n) is 2.36. The standard InChI is InChI=1S/C11H8N2O3/c14-11-12-4-3-8(13-11)7-1-2-9-10(5-7)16-6-15-9/h1-5H,6H2,(H,12,13,14). The van der Waals surface area contributed by atoms with Gasteiger partial charge in [0.2, 0.25) is 6.79 Å². The lowest BCUT2D eigenvalue weighted by molar-refractivity contribution is 0.174. The lowest BCUT2D eigenvalue weighted by Crippen LogP contribution is -2.09. The highest BCUT2D eigenvalue weighted by Gasteiger charge is 2.13. The fourth-order valence-electron chi connectivity index (χ4n) is 1.60. The summed E-state index contributed by atoms with van der Waals surface area (Å²) in [5.74, 6) is 1.41. The highest BCUT2D eigenvalue weighted by Crippen LogP contribution is 2.34. The van der Waals surface area contributed by atoms with Crippen LogP contribution in [0.2, 0.25) is 0 Å². The fourth-order valence-corrected chi connectivity index (χ4v) is 1.60. The van der Waals surface area contributed by atoms with Crippen LogP contribution in [0, 0.1) is 0 Å². The predicted octanol–water partition coefficient (Wildman–Crippen LogP) is 1.17. The third kappa shape index (κ3) is 1.42. The molecule has 80 valence electrons. The second-order valence-electron chi connectivity index (χ2n) is 3.36. The lowest BCUT2D eigenvalue weighted by Gasteiger charge is -2.02. The van der Waals surface area contributed by atoms with Crippen molar-refractivity contribution in [3.8, 4) is 22.8 Å². The molecule has 0 saturated carbocycles. The van der Waals surface area contributed by atoms with Crippen molar-refractivity contribution in [2.24, 2.45) is 0 Å². The summed E-state index contributed by atoms with van der Waals surface area (Å²) in [6.07, 6.45) is 1.47. The molecule has 1 aromatic carbocycles. The predicted molar refractivity (Wildman–Crippen MR) is 56.4 cm³/mol. The van der Waals surface area contributed by atoms with E-state index >= 15 is 0 Å². The van der Waals surface area contributed by atoms with Crippen LogP contribution in [0.4, 0.5) is 0 Å². The van der Waals surface area contributed by atoms with Crippen molar-refractivity contribution < 1.29 is 9.47 Å². The van der Waals surface area contributed by atoms with Crippen LogP contribution in [0.25, 0.3) is 11.3 Å². The van der Waals surface area contributed by atoms with Gasteiger partial charge in [-0.25, -0.2) is 9.78 Å². The summed E-state index contributed by atoms with van der Waals surface area (Å²) in [5.41, 5.74) is 1.21. The summed E-state index contributed by atoms with van der Waals surface area (Å²) in [5, 5.41) is 0. The molecule has 0 bridgehead atoms. The van der Waals surface area contributed by atoms with Crippen LogP contribution in [0.5, 0.6) is 11.5 Å². The van der Waals surface area contributed by atoms with E-state index in [0.717, 1.165) is 11.3 Å². The third-order valence-corrected chi connectivity index (χ3v) is 2.36. The Hall–Kier alpha value is -2.30. The maximum atomic E-state index is 11.1. The van der Waals surface area contributed by atoms with Gasteiger partial charge in [-0.05, 0) is 24.3 Å². The number of fused-ring (bicyclic) bond motifs is 1. The normalized spacial score (nSPS) is 12.8. The molecule has 2 heterocycles. The minimum Gasteiger partial charge on any atom is -0.454 e. The molecule has 0 spiro atoms. The lowest BCUT2D eigenvalue weighted by atomic mass is 10.1. The van der Waals surface area contributed by atoms with Gasteiger partial charge in [0.15, 0.2) is 11.5 Å². The van der Waals surface area contributed by atoms with Gasteiger partial charge in [-0.2, -0.15) is 0 Å². The number of nitrogens with zero attached hydrogens (tertiary/aromatic N) is 1. The first-order valence-corrected chi connectivity index (χ1v) is 4.78. The molecule has 3 rings (SSSR count). The smallest absolute Gasteiger partial charge is 0.345 e. The maximum Gasteiger partial charge on any atom is 0.345 e. The summed E-state index contributed by atoms with van der Waals surface area (Å²) in [6.45, 7) is 0.242. The van der Waals surface area contributed by atoms with Crippen LogP contribution < -0.4 is 15.2 Å². The van der Waals surface area contributed by atoms with Gasteiger partial charge in [-0.15, -0.1) is 0 Å². The number of ether oxygens (including phenoxy) is 2. The molecule has 0 radical (unpaired) electrons. The van der Waals surface area contributed by atoms with Crippen molar-refractivity contribution in [3.63, 3.8) is 0 Å². The van der Waals surface area contributed by atoms with E-state index in [-0.39, 0.29) is 12.5 Å². The van der Waals surface area contributed by atoms with Gasteiger partial charge in [0, 0.05) is 11.8 Å². The maximum absolute atomic E-state index is 11.1. The molecule has 5 nitrogen and oxygen atoms in total. The number of hydrogen-bond donors (Lipinski definition) is 1. The molecule has 1 aliphatic heterocycles. The van der Waals surface area contributed by atoms with Crippen LogP contribution in [-0.2, 0) is 0 Å². The summed E-state index contributed by atoms with van der Waals surface area (Å²) < 4.78 is 10.5. The number of hydrogen-bond acceptors (Lipinski definition) is 4. The molecule has 5 heteroatoms. The summed E-state index contributed by atoms with van der Waals surface area (Å²) in [4.78, 5) is 17.3. The van der Waals surface area contributed by atoms with Crippen molar-refractivity contribution in [2.75, 3.05) is 6.79 Å². The summed E-state index contributed by atoms with van der Waals surface area (Å²) >= 11 is 0. The van der Waals surface area contributed by atoms with E-state index in [1.807, 2.05) is 18.2 Å². The fraction of sp³-hybridized carbons (Fsp3) is 0.0909. The number of aromatic nitrogens is 2. The van der Waals surface area contributed by atoms with Gasteiger partial charge in [0.25, 0.3) is 0 Å². The molecule has 16 heavy (non-hydrogen) atoms. The van der Waals surface area contributed by atoms with Gasteiger partial charge in [-0.3, -0.25) is 0 Å². The Labute approximate surface area is 90.7 Å². The minimum atomic E-state index is -0.366. The molecule has 0 atom stereocenters. The Morgan fingerprint density at radius 1 is 1.19 bits per heavy atom. The molecule has 1 aliphatic rings. The minimum absolute atomic E-state index is 0.242. The molecule has 0 saturated heterocycles. The molecule has 2 aromatic rings. The van der Waals surface area contributed by atoms with E-state index < -0.39 is 0 Å². The zero-order valence-electron chi connectivity index (χ0n) is 8.27. The van der Waals surface area contributed by atoms with Crippen LogP contribution >= 0.6 is 0 Å². The van der Waals surface area contributed by atoms with Crippen molar-refractivity contribution in [3.05, 3.63) is 40.9 Å². The number of benzene rings is 1. The van der Waals surface area contributed by atoms with Gasteiger partial charge in [0.1, 0.15) is 0 Å². The molecule has 0 unspecified atom stereocenters. The van der Waals surface area contributed by atoms with Crippen LogP contribution in [-0.4, -0.2) is 16.8 Å². The van der Waals surface area contributed by atoms with E-state index in [1.165, 1.54) is 6.20 Å². The molecule has 1 aromatic heterocycles. The number of nitrogens with one attached hydrogen (secondary N) is 1. The SMILES string of the molecule is O=c1nccc(-c2ccc3c(c2)OCO3)[nH]1. The Morgan fingerprint density at radius 3 is 2.94 bits per heavy atom. The van der Waals surface area contributed by atoms with Gasteiger partial charge in [0.05, 0.1) is 5.69 Å². The van der Waals surface area contributed by atoms with E-state index in [9.17, 15) is 4.79 Å². The van der Waals surface area contributed by atoms with Gasteiger partial charge in [-0.1, -0.05) is 0 Å². The Kier molecular flexibility index (Phi) is 1.89. The Morgan fingerprint density at radius 2 is 2.06 bits per heavy atom. The molecule has 1 N–H and O–H groups in total. The first kappa shape index (κ1) is 8.96. The van der Waals surface area contributed by atoms with Crippen LogP contribution in [0.15, 0.2) is 35.3 Å².